The lowest BCUT2D eigenvalue weighted by molar-refractivity contribution is 0.728. The molecule has 0 bridgehead atoms. The third-order valence-corrected chi connectivity index (χ3v) is 5.05. The van der Waals surface area contributed by atoms with Gasteiger partial charge in [-0.3, -0.25) is 0 Å². The zero-order valence-corrected chi connectivity index (χ0v) is 17.0. The molecule has 0 unspecified atom stereocenters. The van der Waals surface area contributed by atoms with E-state index in [4.69, 9.17) is 28.2 Å². The topological polar surface area (TPSA) is 68.5 Å². The highest BCUT2D eigenvalue weighted by atomic mass is 35.5. The van der Waals surface area contributed by atoms with Gasteiger partial charge in [0.2, 0.25) is 0 Å². The van der Waals surface area contributed by atoms with Crippen LogP contribution in [0.2, 0.25) is 10.0 Å². The van der Waals surface area contributed by atoms with Crippen LogP contribution in [0, 0.1) is 0 Å². The average Bonchev–Trinajstić information content (AvgIpc) is 3.05. The number of halogens is 2. The first kappa shape index (κ1) is 18.7. The Bertz CT molecular complexity index is 1150. The fourth-order valence-electron chi connectivity index (χ4n) is 2.97. The smallest absolute Gasteiger partial charge is 0.183 e. The first-order chi connectivity index (χ1) is 13.5. The molecule has 2 heterocycles. The SMILES string of the molecule is CCc1cccc(Nc2nc(Cc3ccc(Cl)cc3Cl)nc3c2nnn3C)c1. The second-order valence-electron chi connectivity index (χ2n) is 6.47. The van der Waals surface area contributed by atoms with E-state index in [-0.39, 0.29) is 0 Å². The lowest BCUT2D eigenvalue weighted by Gasteiger charge is -2.10. The Morgan fingerprint density at radius 3 is 2.71 bits per heavy atom. The van der Waals surface area contributed by atoms with Crippen molar-refractivity contribution in [3.8, 4) is 0 Å². The number of hydrogen-bond donors (Lipinski definition) is 1. The molecule has 4 rings (SSSR count). The van der Waals surface area contributed by atoms with Gasteiger partial charge in [0.15, 0.2) is 17.0 Å². The molecule has 0 amide bonds. The highest BCUT2D eigenvalue weighted by Crippen LogP contribution is 2.26. The molecule has 4 aromatic rings. The van der Waals surface area contributed by atoms with Crippen LogP contribution in [0.1, 0.15) is 23.9 Å². The molecule has 0 spiro atoms. The molecule has 2 aromatic heterocycles. The van der Waals surface area contributed by atoms with Gasteiger partial charge in [0.25, 0.3) is 0 Å². The largest absolute Gasteiger partial charge is 0.338 e. The van der Waals surface area contributed by atoms with Crippen molar-refractivity contribution in [1.82, 2.24) is 25.0 Å². The fourth-order valence-corrected chi connectivity index (χ4v) is 3.44. The number of fused-ring (bicyclic) bond motifs is 1. The van der Waals surface area contributed by atoms with Gasteiger partial charge < -0.3 is 5.32 Å². The first-order valence-electron chi connectivity index (χ1n) is 8.89. The maximum absolute atomic E-state index is 6.33. The number of aryl methyl sites for hydroxylation is 2. The zero-order valence-electron chi connectivity index (χ0n) is 15.4. The van der Waals surface area contributed by atoms with Crippen molar-refractivity contribution >= 4 is 45.9 Å². The van der Waals surface area contributed by atoms with Crippen LogP contribution >= 0.6 is 23.2 Å². The van der Waals surface area contributed by atoms with Crippen molar-refractivity contribution in [2.45, 2.75) is 19.8 Å². The number of rotatable bonds is 5. The van der Waals surface area contributed by atoms with Crippen LogP contribution in [-0.2, 0) is 19.9 Å². The molecular formula is C20H18Cl2N6. The molecule has 0 aliphatic rings. The summed E-state index contributed by atoms with van der Waals surface area (Å²) in [4.78, 5) is 9.32. The molecule has 1 N–H and O–H groups in total. The Balaban J connectivity index is 1.75. The zero-order chi connectivity index (χ0) is 19.7. The summed E-state index contributed by atoms with van der Waals surface area (Å²) in [5.41, 5.74) is 4.36. The van der Waals surface area contributed by atoms with Gasteiger partial charge in [-0.15, -0.1) is 5.10 Å². The lowest BCUT2D eigenvalue weighted by atomic mass is 10.1. The van der Waals surface area contributed by atoms with Gasteiger partial charge >= 0.3 is 0 Å². The number of benzene rings is 2. The average molecular weight is 413 g/mol. The van der Waals surface area contributed by atoms with Crippen LogP contribution in [-0.4, -0.2) is 25.0 Å². The summed E-state index contributed by atoms with van der Waals surface area (Å²) < 4.78 is 1.64. The molecule has 0 aliphatic heterocycles. The molecule has 0 saturated heterocycles. The first-order valence-corrected chi connectivity index (χ1v) is 9.65. The number of hydrogen-bond acceptors (Lipinski definition) is 5. The molecule has 0 radical (unpaired) electrons. The van der Waals surface area contributed by atoms with Crippen molar-refractivity contribution in [3.63, 3.8) is 0 Å². The van der Waals surface area contributed by atoms with E-state index in [9.17, 15) is 0 Å². The second-order valence-corrected chi connectivity index (χ2v) is 7.31. The summed E-state index contributed by atoms with van der Waals surface area (Å²) in [6.45, 7) is 2.12. The Labute approximate surface area is 172 Å². The summed E-state index contributed by atoms with van der Waals surface area (Å²) in [5.74, 6) is 1.24. The van der Waals surface area contributed by atoms with Gasteiger partial charge in [-0.25, -0.2) is 14.6 Å². The highest BCUT2D eigenvalue weighted by Gasteiger charge is 2.15. The van der Waals surface area contributed by atoms with Crippen LogP contribution in [0.5, 0.6) is 0 Å². The van der Waals surface area contributed by atoms with Crippen molar-refractivity contribution in [3.05, 3.63) is 69.5 Å². The minimum Gasteiger partial charge on any atom is -0.338 e. The molecule has 6 nitrogen and oxygen atoms in total. The summed E-state index contributed by atoms with van der Waals surface area (Å²) >= 11 is 12.3. The van der Waals surface area contributed by atoms with Gasteiger partial charge in [0.05, 0.1) is 0 Å². The monoisotopic (exact) mass is 412 g/mol. The summed E-state index contributed by atoms with van der Waals surface area (Å²) in [7, 11) is 1.81. The van der Waals surface area contributed by atoms with Gasteiger partial charge in [-0.1, -0.05) is 53.5 Å². The number of anilines is 2. The van der Waals surface area contributed by atoms with Crippen molar-refractivity contribution in [1.29, 1.82) is 0 Å². The van der Waals surface area contributed by atoms with E-state index in [1.807, 2.05) is 31.3 Å². The Hall–Kier alpha value is -2.70. The van der Waals surface area contributed by atoms with E-state index in [0.29, 0.717) is 39.3 Å². The number of nitrogens with one attached hydrogen (secondary N) is 1. The van der Waals surface area contributed by atoms with Crippen molar-refractivity contribution < 1.29 is 0 Å². The Morgan fingerprint density at radius 1 is 1.07 bits per heavy atom. The second kappa shape index (κ2) is 7.73. The molecule has 8 heteroatoms. The highest BCUT2D eigenvalue weighted by molar-refractivity contribution is 6.35. The van der Waals surface area contributed by atoms with Crippen LogP contribution in [0.3, 0.4) is 0 Å². The Morgan fingerprint density at radius 2 is 1.93 bits per heavy atom. The van der Waals surface area contributed by atoms with Crippen LogP contribution in [0.25, 0.3) is 11.2 Å². The van der Waals surface area contributed by atoms with Crippen molar-refractivity contribution in [2.75, 3.05) is 5.32 Å². The minimum absolute atomic E-state index is 0.473. The quantitative estimate of drug-likeness (QED) is 0.501. The summed E-state index contributed by atoms with van der Waals surface area (Å²) in [5, 5.41) is 12.9. The predicted octanol–water partition coefficient (Wildman–Crippen LogP) is 4.96. The summed E-state index contributed by atoms with van der Waals surface area (Å²) in [6, 6.07) is 13.6. The third kappa shape index (κ3) is 3.79. The molecule has 0 aliphatic carbocycles. The van der Waals surface area contributed by atoms with E-state index < -0.39 is 0 Å². The molecule has 0 fully saturated rings. The Kier molecular flexibility index (Phi) is 5.15. The fraction of sp³-hybridized carbons (Fsp3) is 0.200. The molecule has 0 saturated carbocycles. The predicted molar refractivity (Wildman–Crippen MR) is 112 cm³/mol. The molecule has 0 atom stereocenters. The molecular weight excluding hydrogens is 395 g/mol. The number of nitrogens with zero attached hydrogens (tertiary/aromatic N) is 5. The maximum atomic E-state index is 6.33. The summed E-state index contributed by atoms with van der Waals surface area (Å²) in [6.07, 6.45) is 1.43. The normalized spacial score (nSPS) is 11.1. The molecule has 2 aromatic carbocycles. The number of aromatic nitrogens is 5. The van der Waals surface area contributed by atoms with E-state index in [1.54, 1.807) is 10.7 Å². The third-order valence-electron chi connectivity index (χ3n) is 4.46. The van der Waals surface area contributed by atoms with E-state index in [0.717, 1.165) is 17.7 Å². The van der Waals surface area contributed by atoms with Crippen LogP contribution in [0.15, 0.2) is 42.5 Å². The van der Waals surface area contributed by atoms with Crippen molar-refractivity contribution in [2.24, 2.45) is 7.05 Å². The standard InChI is InChI=1S/C20H18Cl2N6/c1-3-12-5-4-6-15(9-12)23-19-18-20(28(2)27-26-18)25-17(24-19)10-13-7-8-14(21)11-16(13)22/h4-9,11H,3,10H2,1-2H3,(H,23,24,25). The van der Waals surface area contributed by atoms with Gasteiger partial charge in [-0.05, 0) is 41.8 Å². The minimum atomic E-state index is 0.473. The van der Waals surface area contributed by atoms with E-state index in [2.05, 4.69) is 39.7 Å². The van der Waals surface area contributed by atoms with Crippen LogP contribution in [0.4, 0.5) is 11.5 Å². The van der Waals surface area contributed by atoms with Gasteiger partial charge in [-0.2, -0.15) is 0 Å². The van der Waals surface area contributed by atoms with E-state index >= 15 is 0 Å². The maximum Gasteiger partial charge on any atom is 0.183 e. The molecule has 28 heavy (non-hydrogen) atoms. The van der Waals surface area contributed by atoms with Gasteiger partial charge in [0, 0.05) is 29.2 Å². The van der Waals surface area contributed by atoms with Crippen LogP contribution < -0.4 is 5.32 Å². The van der Waals surface area contributed by atoms with Gasteiger partial charge in [0.1, 0.15) is 5.82 Å². The van der Waals surface area contributed by atoms with E-state index in [1.165, 1.54) is 5.56 Å². The molecule has 142 valence electrons. The lowest BCUT2D eigenvalue weighted by Crippen LogP contribution is -2.04.